The number of hydrogen-bond acceptors (Lipinski definition) is 5. The minimum absolute atomic E-state index is 0.0305. The number of aromatic nitrogens is 4. The molecule has 7 nitrogen and oxygen atoms in total. The molecular weight excluding hydrogens is 208 g/mol. The number of aromatic amines is 1. The van der Waals surface area contributed by atoms with E-state index >= 15 is 0 Å². The fourth-order valence-electron chi connectivity index (χ4n) is 1.16. The zero-order valence-electron chi connectivity index (χ0n) is 8.56. The highest BCUT2D eigenvalue weighted by Crippen LogP contribution is 2.09. The highest BCUT2D eigenvalue weighted by molar-refractivity contribution is 6.01. The summed E-state index contributed by atoms with van der Waals surface area (Å²) in [6.07, 6.45) is 1.59. The summed E-state index contributed by atoms with van der Waals surface area (Å²) in [6.45, 7) is 1.84. The van der Waals surface area contributed by atoms with E-state index < -0.39 is 5.91 Å². The van der Waals surface area contributed by atoms with Gasteiger partial charge in [0, 0.05) is 6.20 Å². The van der Waals surface area contributed by atoms with E-state index in [1.807, 2.05) is 13.0 Å². The van der Waals surface area contributed by atoms with Crippen LogP contribution in [0.4, 0.5) is 11.8 Å². The smallest absolute Gasteiger partial charge is 0.294 e. The maximum absolute atomic E-state index is 11.6. The Labute approximate surface area is 91.1 Å². The lowest BCUT2D eigenvalue weighted by atomic mass is 10.3. The van der Waals surface area contributed by atoms with E-state index in [4.69, 9.17) is 5.73 Å². The van der Waals surface area contributed by atoms with E-state index in [9.17, 15) is 4.79 Å². The molecule has 0 radical (unpaired) electrons. The summed E-state index contributed by atoms with van der Waals surface area (Å²) in [4.78, 5) is 19.4. The number of pyridine rings is 1. The molecule has 2 aromatic rings. The van der Waals surface area contributed by atoms with Gasteiger partial charge < -0.3 is 11.1 Å². The summed E-state index contributed by atoms with van der Waals surface area (Å²) in [5.41, 5.74) is 6.15. The maximum atomic E-state index is 11.6. The molecule has 0 aliphatic carbocycles. The molecule has 4 N–H and O–H groups in total. The second kappa shape index (κ2) is 3.97. The SMILES string of the molecule is Cc1cccnc1NC(=O)c1nc(N)n[nH]1. The summed E-state index contributed by atoms with van der Waals surface area (Å²) in [5.74, 6) is 0.152. The van der Waals surface area contributed by atoms with E-state index in [0.29, 0.717) is 5.82 Å². The van der Waals surface area contributed by atoms with Crippen LogP contribution in [0.2, 0.25) is 0 Å². The van der Waals surface area contributed by atoms with Gasteiger partial charge in [0.25, 0.3) is 5.91 Å². The highest BCUT2D eigenvalue weighted by atomic mass is 16.2. The summed E-state index contributed by atoms with van der Waals surface area (Å²) in [7, 11) is 0. The van der Waals surface area contributed by atoms with Gasteiger partial charge in [0.2, 0.25) is 11.8 Å². The van der Waals surface area contributed by atoms with Crippen molar-refractivity contribution >= 4 is 17.7 Å². The molecule has 2 aromatic heterocycles. The predicted octanol–water partition coefficient (Wildman–Crippen LogP) is 0.343. The van der Waals surface area contributed by atoms with Gasteiger partial charge in [-0.15, -0.1) is 5.10 Å². The summed E-state index contributed by atoms with van der Waals surface area (Å²) < 4.78 is 0. The van der Waals surface area contributed by atoms with Crippen LogP contribution in [-0.4, -0.2) is 26.1 Å². The third-order valence-electron chi connectivity index (χ3n) is 1.96. The van der Waals surface area contributed by atoms with Crippen LogP contribution in [0, 0.1) is 6.92 Å². The Morgan fingerprint density at radius 1 is 1.56 bits per heavy atom. The van der Waals surface area contributed by atoms with Crippen molar-refractivity contribution < 1.29 is 4.79 Å². The number of anilines is 2. The van der Waals surface area contributed by atoms with Crippen LogP contribution in [0.3, 0.4) is 0 Å². The number of nitrogens with zero attached hydrogens (tertiary/aromatic N) is 3. The molecule has 0 atom stereocenters. The lowest BCUT2D eigenvalue weighted by molar-refractivity contribution is 0.101. The van der Waals surface area contributed by atoms with Gasteiger partial charge in [-0.2, -0.15) is 4.98 Å². The van der Waals surface area contributed by atoms with Crippen LogP contribution in [0.15, 0.2) is 18.3 Å². The number of H-pyrrole nitrogens is 1. The van der Waals surface area contributed by atoms with E-state index in [0.717, 1.165) is 5.56 Å². The van der Waals surface area contributed by atoms with Gasteiger partial charge >= 0.3 is 0 Å². The van der Waals surface area contributed by atoms with Crippen LogP contribution in [0.5, 0.6) is 0 Å². The topological polar surface area (TPSA) is 110 Å². The zero-order valence-corrected chi connectivity index (χ0v) is 8.56. The lowest BCUT2D eigenvalue weighted by Crippen LogP contribution is -2.15. The number of nitrogens with two attached hydrogens (primary N) is 1. The average molecular weight is 218 g/mol. The normalized spacial score (nSPS) is 10.1. The Hall–Kier alpha value is -2.44. The van der Waals surface area contributed by atoms with Gasteiger partial charge in [-0.1, -0.05) is 6.07 Å². The van der Waals surface area contributed by atoms with E-state index in [1.54, 1.807) is 12.3 Å². The first kappa shape index (κ1) is 10.1. The lowest BCUT2D eigenvalue weighted by Gasteiger charge is -2.04. The second-order valence-electron chi connectivity index (χ2n) is 3.17. The Bertz CT molecular complexity index is 520. The standard InChI is InChI=1S/C9H10N6O/c1-5-3-2-4-11-6(5)12-8(16)7-13-9(10)15-14-7/h2-4H,1H3,(H,11,12,16)(H3,10,13,14,15). The molecule has 0 unspecified atom stereocenters. The Kier molecular flexibility index (Phi) is 2.50. The molecule has 0 bridgehead atoms. The van der Waals surface area contributed by atoms with E-state index in [1.165, 1.54) is 0 Å². The zero-order chi connectivity index (χ0) is 11.5. The van der Waals surface area contributed by atoms with E-state index in [-0.39, 0.29) is 11.8 Å². The summed E-state index contributed by atoms with van der Waals surface area (Å²) >= 11 is 0. The number of hydrogen-bond donors (Lipinski definition) is 3. The van der Waals surface area contributed by atoms with E-state index in [2.05, 4.69) is 25.5 Å². The third kappa shape index (κ3) is 1.97. The molecule has 1 amide bonds. The largest absolute Gasteiger partial charge is 0.366 e. The minimum atomic E-state index is -0.425. The van der Waals surface area contributed by atoms with Crippen LogP contribution in [0.25, 0.3) is 0 Å². The monoisotopic (exact) mass is 218 g/mol. The number of carbonyl (C=O) groups is 1. The molecule has 82 valence electrons. The van der Waals surface area contributed by atoms with Crippen molar-refractivity contribution in [3.05, 3.63) is 29.7 Å². The summed E-state index contributed by atoms with van der Waals surface area (Å²) in [5, 5.41) is 8.58. The quantitative estimate of drug-likeness (QED) is 0.673. The first-order chi connectivity index (χ1) is 7.66. The maximum Gasteiger partial charge on any atom is 0.294 e. The first-order valence-electron chi connectivity index (χ1n) is 4.57. The Morgan fingerprint density at radius 3 is 3.00 bits per heavy atom. The molecule has 16 heavy (non-hydrogen) atoms. The molecule has 2 heterocycles. The highest BCUT2D eigenvalue weighted by Gasteiger charge is 2.12. The van der Waals surface area contributed by atoms with Gasteiger partial charge in [-0.05, 0) is 18.6 Å². The molecule has 0 aliphatic rings. The van der Waals surface area contributed by atoms with Crippen molar-refractivity contribution in [2.75, 3.05) is 11.1 Å². The van der Waals surface area contributed by atoms with Crippen molar-refractivity contribution in [2.24, 2.45) is 0 Å². The number of nitrogens with one attached hydrogen (secondary N) is 2. The van der Waals surface area contributed by atoms with Crippen LogP contribution >= 0.6 is 0 Å². The van der Waals surface area contributed by atoms with Crippen molar-refractivity contribution in [1.29, 1.82) is 0 Å². The number of carbonyl (C=O) groups excluding carboxylic acids is 1. The van der Waals surface area contributed by atoms with Crippen LogP contribution in [-0.2, 0) is 0 Å². The molecule has 0 spiro atoms. The molecule has 7 heteroatoms. The number of rotatable bonds is 2. The van der Waals surface area contributed by atoms with Gasteiger partial charge in [-0.3, -0.25) is 9.89 Å². The third-order valence-corrected chi connectivity index (χ3v) is 1.96. The fraction of sp³-hybridized carbons (Fsp3) is 0.111. The van der Waals surface area contributed by atoms with Gasteiger partial charge in [0.05, 0.1) is 0 Å². The summed E-state index contributed by atoms with van der Waals surface area (Å²) in [6, 6.07) is 3.63. The molecule has 0 saturated carbocycles. The molecule has 0 saturated heterocycles. The molecule has 0 fully saturated rings. The van der Waals surface area contributed by atoms with Gasteiger partial charge in [-0.25, -0.2) is 4.98 Å². The van der Waals surface area contributed by atoms with Crippen molar-refractivity contribution in [1.82, 2.24) is 20.2 Å². The number of aryl methyl sites for hydroxylation is 1. The second-order valence-corrected chi connectivity index (χ2v) is 3.17. The Morgan fingerprint density at radius 2 is 2.38 bits per heavy atom. The average Bonchev–Trinajstić information content (AvgIpc) is 2.68. The number of nitrogen functional groups attached to an aromatic ring is 1. The Balaban J connectivity index is 2.17. The van der Waals surface area contributed by atoms with Gasteiger partial charge in [0.15, 0.2) is 0 Å². The van der Waals surface area contributed by atoms with Gasteiger partial charge in [0.1, 0.15) is 5.82 Å². The van der Waals surface area contributed by atoms with Crippen LogP contribution < -0.4 is 11.1 Å². The van der Waals surface area contributed by atoms with Crippen LogP contribution in [0.1, 0.15) is 16.2 Å². The van der Waals surface area contributed by atoms with Crippen molar-refractivity contribution in [3.63, 3.8) is 0 Å². The molecule has 0 aliphatic heterocycles. The first-order valence-corrected chi connectivity index (χ1v) is 4.57. The predicted molar refractivity (Wildman–Crippen MR) is 57.7 cm³/mol. The van der Waals surface area contributed by atoms with Crippen molar-refractivity contribution in [3.8, 4) is 0 Å². The molecular formula is C9H10N6O. The molecule has 2 rings (SSSR count). The number of amides is 1. The minimum Gasteiger partial charge on any atom is -0.366 e. The fourth-order valence-corrected chi connectivity index (χ4v) is 1.16. The molecule has 0 aromatic carbocycles. The van der Waals surface area contributed by atoms with Crippen molar-refractivity contribution in [2.45, 2.75) is 6.92 Å².